The van der Waals surface area contributed by atoms with Crippen molar-refractivity contribution in [3.8, 4) is 0 Å². The summed E-state index contributed by atoms with van der Waals surface area (Å²) in [6.45, 7) is 1.98. The van der Waals surface area contributed by atoms with Crippen molar-refractivity contribution in [3.63, 3.8) is 0 Å². The van der Waals surface area contributed by atoms with Crippen LogP contribution >= 0.6 is 11.8 Å². The van der Waals surface area contributed by atoms with Crippen LogP contribution in [-0.2, 0) is 5.75 Å². The minimum absolute atomic E-state index is 0.835. The van der Waals surface area contributed by atoms with Crippen LogP contribution in [0.3, 0.4) is 0 Å². The molecule has 1 aromatic carbocycles. The first kappa shape index (κ1) is 12.6. The molecule has 92 valence electrons. The second-order valence-corrected chi connectivity index (χ2v) is 4.89. The summed E-state index contributed by atoms with van der Waals surface area (Å²) >= 11 is 1.70. The summed E-state index contributed by atoms with van der Waals surface area (Å²) in [4.78, 5) is 4.33. The molecule has 1 N–H and O–H groups in total. The zero-order valence-corrected chi connectivity index (χ0v) is 10.9. The third-order valence-electron chi connectivity index (χ3n) is 2.55. The van der Waals surface area contributed by atoms with E-state index in [0.29, 0.717) is 0 Å². The van der Waals surface area contributed by atoms with Gasteiger partial charge in [-0.2, -0.15) is 0 Å². The molecule has 0 saturated heterocycles. The third kappa shape index (κ3) is 3.34. The minimum Gasteiger partial charge on any atom is -0.411 e. The summed E-state index contributed by atoms with van der Waals surface area (Å²) in [7, 11) is 0. The normalized spacial score (nSPS) is 10.9. The van der Waals surface area contributed by atoms with Crippen molar-refractivity contribution in [1.29, 1.82) is 0 Å². The maximum absolute atomic E-state index is 8.50. The number of oxime groups is 1. The molecule has 0 fully saturated rings. The topological polar surface area (TPSA) is 45.5 Å². The zero-order valence-electron chi connectivity index (χ0n) is 10.1. The molecule has 18 heavy (non-hydrogen) atoms. The molecule has 0 unspecified atom stereocenters. The number of benzene rings is 1. The van der Waals surface area contributed by atoms with Crippen LogP contribution in [0.1, 0.15) is 16.7 Å². The van der Waals surface area contributed by atoms with Crippen LogP contribution in [0.5, 0.6) is 0 Å². The lowest BCUT2D eigenvalue weighted by Crippen LogP contribution is -1.91. The van der Waals surface area contributed by atoms with Gasteiger partial charge in [-0.25, -0.2) is 4.98 Å². The van der Waals surface area contributed by atoms with Gasteiger partial charge in [0, 0.05) is 17.5 Å². The van der Waals surface area contributed by atoms with Gasteiger partial charge < -0.3 is 5.21 Å². The number of nitrogens with zero attached hydrogens (tertiary/aromatic N) is 2. The number of aryl methyl sites for hydroxylation is 1. The smallest absolute Gasteiger partial charge is 0.0966 e. The Morgan fingerprint density at radius 3 is 2.78 bits per heavy atom. The van der Waals surface area contributed by atoms with E-state index in [4.69, 9.17) is 5.21 Å². The molecule has 3 nitrogen and oxygen atoms in total. The van der Waals surface area contributed by atoms with Crippen molar-refractivity contribution >= 4 is 18.0 Å². The quantitative estimate of drug-likeness (QED) is 0.395. The number of pyridine rings is 1. The summed E-state index contributed by atoms with van der Waals surface area (Å²) < 4.78 is 0. The van der Waals surface area contributed by atoms with Crippen molar-refractivity contribution in [1.82, 2.24) is 4.98 Å². The zero-order chi connectivity index (χ0) is 12.8. The highest BCUT2D eigenvalue weighted by atomic mass is 32.2. The van der Waals surface area contributed by atoms with Crippen LogP contribution < -0.4 is 0 Å². The molecule has 0 saturated carbocycles. The van der Waals surface area contributed by atoms with Crippen molar-refractivity contribution < 1.29 is 5.21 Å². The van der Waals surface area contributed by atoms with Crippen LogP contribution in [-0.4, -0.2) is 16.4 Å². The van der Waals surface area contributed by atoms with E-state index in [1.54, 1.807) is 18.0 Å². The van der Waals surface area contributed by atoms with Gasteiger partial charge in [0.1, 0.15) is 0 Å². The van der Waals surface area contributed by atoms with E-state index in [2.05, 4.69) is 22.3 Å². The molecule has 0 amide bonds. The van der Waals surface area contributed by atoms with Crippen LogP contribution in [0.25, 0.3) is 0 Å². The lowest BCUT2D eigenvalue weighted by molar-refractivity contribution is 0.322. The number of rotatable bonds is 4. The summed E-state index contributed by atoms with van der Waals surface area (Å²) in [5.41, 5.74) is 3.17. The number of thioether (sulfide) groups is 1. The molecule has 0 bridgehead atoms. The Morgan fingerprint density at radius 2 is 2.11 bits per heavy atom. The molecule has 0 atom stereocenters. The Bertz CT molecular complexity index is 541. The molecular weight excluding hydrogens is 244 g/mol. The summed E-state index contributed by atoms with van der Waals surface area (Å²) in [6.07, 6.45) is 3.12. The molecule has 0 spiro atoms. The monoisotopic (exact) mass is 258 g/mol. The Balaban J connectivity index is 2.04. The lowest BCUT2D eigenvalue weighted by atomic mass is 10.2. The highest BCUT2D eigenvalue weighted by Crippen LogP contribution is 2.22. The van der Waals surface area contributed by atoms with Crippen molar-refractivity contribution in [2.75, 3.05) is 0 Å². The number of aromatic nitrogens is 1. The van der Waals surface area contributed by atoms with Gasteiger partial charge in [0.25, 0.3) is 0 Å². The van der Waals surface area contributed by atoms with Crippen molar-refractivity contribution in [2.24, 2.45) is 5.16 Å². The number of hydrogen-bond donors (Lipinski definition) is 1. The number of hydrogen-bond acceptors (Lipinski definition) is 4. The Hall–Kier alpha value is -1.81. The largest absolute Gasteiger partial charge is 0.411 e. The summed E-state index contributed by atoms with van der Waals surface area (Å²) in [6, 6.07) is 12.3. The van der Waals surface area contributed by atoms with E-state index in [-0.39, 0.29) is 0 Å². The first-order valence-electron chi connectivity index (χ1n) is 5.60. The van der Waals surface area contributed by atoms with Gasteiger partial charge in [-0.05, 0) is 24.1 Å². The van der Waals surface area contributed by atoms with Crippen LogP contribution in [0.4, 0.5) is 0 Å². The molecular formula is C14H14N2OS. The van der Waals surface area contributed by atoms with Gasteiger partial charge in [-0.1, -0.05) is 35.5 Å². The Labute approximate surface area is 111 Å². The van der Waals surface area contributed by atoms with Crippen molar-refractivity contribution in [3.05, 3.63) is 59.3 Å². The molecule has 0 aliphatic heterocycles. The van der Waals surface area contributed by atoms with Gasteiger partial charge in [0.05, 0.1) is 11.2 Å². The van der Waals surface area contributed by atoms with Crippen LogP contribution in [0.2, 0.25) is 0 Å². The summed E-state index contributed by atoms with van der Waals surface area (Å²) in [5.74, 6) is 0.903. The van der Waals surface area contributed by atoms with Gasteiger partial charge in [-0.15, -0.1) is 11.8 Å². The maximum atomic E-state index is 8.50. The van der Waals surface area contributed by atoms with E-state index in [0.717, 1.165) is 21.9 Å². The second-order valence-electron chi connectivity index (χ2n) is 3.90. The lowest BCUT2D eigenvalue weighted by Gasteiger charge is -2.04. The summed E-state index contributed by atoms with van der Waals surface area (Å²) in [5, 5.41) is 12.5. The average Bonchev–Trinajstić information content (AvgIpc) is 2.41. The molecule has 1 heterocycles. The minimum atomic E-state index is 0.835. The van der Waals surface area contributed by atoms with Gasteiger partial charge in [0.15, 0.2) is 0 Å². The van der Waals surface area contributed by atoms with Crippen LogP contribution in [0, 0.1) is 6.92 Å². The highest BCUT2D eigenvalue weighted by Gasteiger charge is 2.01. The first-order valence-corrected chi connectivity index (χ1v) is 6.59. The maximum Gasteiger partial charge on any atom is 0.0966 e. The van der Waals surface area contributed by atoms with E-state index in [9.17, 15) is 0 Å². The van der Waals surface area contributed by atoms with E-state index < -0.39 is 0 Å². The molecule has 0 aliphatic rings. The molecule has 0 aliphatic carbocycles. The molecule has 0 radical (unpaired) electrons. The fourth-order valence-electron chi connectivity index (χ4n) is 1.55. The fraction of sp³-hybridized carbons (Fsp3) is 0.143. The predicted molar refractivity (Wildman–Crippen MR) is 74.4 cm³/mol. The van der Waals surface area contributed by atoms with Gasteiger partial charge in [0.2, 0.25) is 0 Å². The highest BCUT2D eigenvalue weighted by molar-refractivity contribution is 7.98. The average molecular weight is 258 g/mol. The van der Waals surface area contributed by atoms with Gasteiger partial charge >= 0.3 is 0 Å². The molecule has 1 aromatic heterocycles. The standard InChI is InChI=1S/C14H14N2OS/c1-11-7-14(15-8-13(11)9-16-17)18-10-12-5-3-2-4-6-12/h2-9,17H,10H2,1H3. The molecule has 4 heteroatoms. The Morgan fingerprint density at radius 1 is 1.33 bits per heavy atom. The van der Waals surface area contributed by atoms with E-state index in [1.807, 2.05) is 31.2 Å². The van der Waals surface area contributed by atoms with Gasteiger partial charge in [-0.3, -0.25) is 0 Å². The predicted octanol–water partition coefficient (Wildman–Crippen LogP) is 3.49. The van der Waals surface area contributed by atoms with Crippen LogP contribution in [0.15, 0.2) is 52.8 Å². The van der Waals surface area contributed by atoms with Crippen molar-refractivity contribution in [2.45, 2.75) is 17.7 Å². The fourth-order valence-corrected chi connectivity index (χ4v) is 2.44. The molecule has 2 rings (SSSR count). The first-order chi connectivity index (χ1) is 8.79. The molecule has 2 aromatic rings. The third-order valence-corrected chi connectivity index (χ3v) is 3.55. The SMILES string of the molecule is Cc1cc(SCc2ccccc2)ncc1C=NO. The van der Waals surface area contributed by atoms with E-state index in [1.165, 1.54) is 11.8 Å². The second kappa shape index (κ2) is 6.21. The van der Waals surface area contributed by atoms with E-state index >= 15 is 0 Å². The Kier molecular flexibility index (Phi) is 4.36.